The molecule has 0 aliphatic heterocycles. The van der Waals surface area contributed by atoms with Crippen LogP contribution in [0.2, 0.25) is 5.02 Å². The van der Waals surface area contributed by atoms with Gasteiger partial charge in [-0.05, 0) is 30.7 Å². The maximum Gasteiger partial charge on any atom is 0.114 e. The van der Waals surface area contributed by atoms with Crippen molar-refractivity contribution in [2.24, 2.45) is 0 Å². The van der Waals surface area contributed by atoms with Crippen molar-refractivity contribution >= 4 is 17.3 Å². The minimum atomic E-state index is -1.08. The molecule has 0 aromatic heterocycles. The number of nitrogens with one attached hydrogen (secondary N) is 1. The Balaban J connectivity index is 2.56. The van der Waals surface area contributed by atoms with Gasteiger partial charge in [-0.15, -0.1) is 0 Å². The van der Waals surface area contributed by atoms with E-state index >= 15 is 0 Å². The van der Waals surface area contributed by atoms with Crippen LogP contribution in [0.3, 0.4) is 0 Å². The lowest BCUT2D eigenvalue weighted by molar-refractivity contribution is 0.103. The Morgan fingerprint density at radius 3 is 2.39 bits per heavy atom. The molecule has 0 saturated heterocycles. The van der Waals surface area contributed by atoms with Crippen molar-refractivity contribution in [1.29, 1.82) is 0 Å². The molecule has 0 aliphatic rings. The molecule has 2 aromatic rings. The van der Waals surface area contributed by atoms with E-state index in [9.17, 15) is 5.11 Å². The summed E-state index contributed by atoms with van der Waals surface area (Å²) in [5, 5.41) is 14.5. The van der Waals surface area contributed by atoms with Gasteiger partial charge in [-0.25, -0.2) is 0 Å². The van der Waals surface area contributed by atoms with Crippen LogP contribution in [0.15, 0.2) is 48.5 Å². The van der Waals surface area contributed by atoms with Gasteiger partial charge in [0.05, 0.1) is 0 Å². The number of halogens is 1. The summed E-state index contributed by atoms with van der Waals surface area (Å²) in [7, 11) is 1.83. The van der Waals surface area contributed by atoms with Gasteiger partial charge in [0.2, 0.25) is 0 Å². The van der Waals surface area contributed by atoms with E-state index in [0.717, 1.165) is 16.8 Å². The second-order valence-electron chi connectivity index (χ2n) is 4.38. The predicted molar refractivity (Wildman–Crippen MR) is 76.1 cm³/mol. The number of hydrogen-bond donors (Lipinski definition) is 2. The van der Waals surface area contributed by atoms with Crippen molar-refractivity contribution < 1.29 is 5.11 Å². The smallest absolute Gasteiger partial charge is 0.114 e. The number of hydrogen-bond acceptors (Lipinski definition) is 2. The van der Waals surface area contributed by atoms with Crippen LogP contribution in [-0.2, 0) is 5.60 Å². The minimum Gasteiger partial charge on any atom is -0.388 e. The molecule has 2 nitrogen and oxygen atoms in total. The van der Waals surface area contributed by atoms with E-state index in [4.69, 9.17) is 11.6 Å². The third kappa shape index (κ3) is 2.35. The number of anilines is 1. The summed E-state index contributed by atoms with van der Waals surface area (Å²) < 4.78 is 0. The maximum atomic E-state index is 10.8. The van der Waals surface area contributed by atoms with Crippen LogP contribution < -0.4 is 5.32 Å². The van der Waals surface area contributed by atoms with Crippen LogP contribution in [0.4, 0.5) is 5.69 Å². The topological polar surface area (TPSA) is 32.3 Å². The van der Waals surface area contributed by atoms with E-state index < -0.39 is 5.60 Å². The molecule has 0 fully saturated rings. The van der Waals surface area contributed by atoms with Crippen LogP contribution in [0.25, 0.3) is 0 Å². The lowest BCUT2D eigenvalue weighted by Gasteiger charge is -2.27. The Morgan fingerprint density at radius 1 is 1.11 bits per heavy atom. The summed E-state index contributed by atoms with van der Waals surface area (Å²) in [6.45, 7) is 1.77. The molecule has 94 valence electrons. The highest BCUT2D eigenvalue weighted by molar-refractivity contribution is 6.30. The highest BCUT2D eigenvalue weighted by atomic mass is 35.5. The average Bonchev–Trinajstić information content (AvgIpc) is 2.39. The van der Waals surface area contributed by atoms with Crippen molar-refractivity contribution in [3.8, 4) is 0 Å². The summed E-state index contributed by atoms with van der Waals surface area (Å²) >= 11 is 6.03. The Kier molecular flexibility index (Phi) is 3.60. The average molecular weight is 262 g/mol. The van der Waals surface area contributed by atoms with Gasteiger partial charge in [0.25, 0.3) is 0 Å². The van der Waals surface area contributed by atoms with Crippen LogP contribution in [0.5, 0.6) is 0 Å². The van der Waals surface area contributed by atoms with Gasteiger partial charge in [-0.1, -0.05) is 41.9 Å². The highest BCUT2D eigenvalue weighted by Crippen LogP contribution is 2.35. The second-order valence-corrected chi connectivity index (χ2v) is 4.81. The molecule has 0 amide bonds. The van der Waals surface area contributed by atoms with Gasteiger partial charge >= 0.3 is 0 Å². The fourth-order valence-corrected chi connectivity index (χ4v) is 2.23. The molecule has 18 heavy (non-hydrogen) atoms. The molecule has 0 radical (unpaired) electrons. The normalized spacial score (nSPS) is 14.0. The zero-order chi connectivity index (χ0) is 13.2. The molecule has 0 bridgehead atoms. The third-order valence-corrected chi connectivity index (χ3v) is 3.35. The van der Waals surface area contributed by atoms with Crippen molar-refractivity contribution in [2.45, 2.75) is 12.5 Å². The third-order valence-electron chi connectivity index (χ3n) is 3.11. The first-order chi connectivity index (χ1) is 8.55. The Morgan fingerprint density at radius 2 is 1.78 bits per heavy atom. The Bertz CT molecular complexity index is 537. The molecule has 2 aromatic carbocycles. The summed E-state index contributed by atoms with van der Waals surface area (Å²) in [6.07, 6.45) is 0. The van der Waals surface area contributed by atoms with Gasteiger partial charge in [-0.3, -0.25) is 0 Å². The predicted octanol–water partition coefficient (Wildman–Crippen LogP) is 3.64. The van der Waals surface area contributed by atoms with E-state index in [1.165, 1.54) is 0 Å². The number of aliphatic hydroxyl groups is 1. The monoisotopic (exact) mass is 261 g/mol. The molecule has 2 N–H and O–H groups in total. The minimum absolute atomic E-state index is 0.611. The fourth-order valence-electron chi connectivity index (χ4n) is 2.06. The molecular weight excluding hydrogens is 246 g/mol. The van der Waals surface area contributed by atoms with Crippen LogP contribution in [-0.4, -0.2) is 12.2 Å². The van der Waals surface area contributed by atoms with Crippen LogP contribution in [0.1, 0.15) is 18.1 Å². The van der Waals surface area contributed by atoms with Gasteiger partial charge in [0.1, 0.15) is 5.60 Å². The molecule has 0 spiro atoms. The summed E-state index contributed by atoms with van der Waals surface area (Å²) in [6, 6.07) is 15.0. The van der Waals surface area contributed by atoms with Gasteiger partial charge in [0.15, 0.2) is 0 Å². The van der Waals surface area contributed by atoms with Crippen molar-refractivity contribution in [1.82, 2.24) is 0 Å². The Labute approximate surface area is 112 Å². The van der Waals surface area contributed by atoms with E-state index in [2.05, 4.69) is 5.32 Å². The van der Waals surface area contributed by atoms with Crippen LogP contribution in [0, 0.1) is 0 Å². The molecule has 0 saturated carbocycles. The zero-order valence-electron chi connectivity index (χ0n) is 10.4. The van der Waals surface area contributed by atoms with E-state index in [1.54, 1.807) is 19.1 Å². The van der Waals surface area contributed by atoms with Crippen LogP contribution >= 0.6 is 11.6 Å². The zero-order valence-corrected chi connectivity index (χ0v) is 11.2. The molecule has 2 rings (SSSR count). The molecule has 3 heteroatoms. The van der Waals surface area contributed by atoms with Gasteiger partial charge in [-0.2, -0.15) is 0 Å². The van der Waals surface area contributed by atoms with Gasteiger partial charge < -0.3 is 10.4 Å². The second kappa shape index (κ2) is 5.01. The number of rotatable bonds is 3. The van der Waals surface area contributed by atoms with Crippen molar-refractivity contribution in [2.75, 3.05) is 12.4 Å². The highest BCUT2D eigenvalue weighted by Gasteiger charge is 2.28. The fraction of sp³-hybridized carbons (Fsp3) is 0.200. The van der Waals surface area contributed by atoms with Crippen molar-refractivity contribution in [3.05, 3.63) is 64.7 Å². The molecule has 1 atom stereocenters. The van der Waals surface area contributed by atoms with Gasteiger partial charge in [0, 0.05) is 23.3 Å². The quantitative estimate of drug-likeness (QED) is 0.884. The first-order valence-corrected chi connectivity index (χ1v) is 6.19. The first kappa shape index (κ1) is 12.9. The summed E-state index contributed by atoms with van der Waals surface area (Å²) in [5.74, 6) is 0. The van der Waals surface area contributed by atoms with Crippen molar-refractivity contribution in [3.63, 3.8) is 0 Å². The maximum absolute atomic E-state index is 10.8. The summed E-state index contributed by atoms with van der Waals surface area (Å²) in [5.41, 5.74) is 1.39. The SMILES string of the molecule is CNc1ccc(Cl)cc1[C@@](C)(O)c1ccccc1. The molecular formula is C15H16ClNO. The lowest BCUT2D eigenvalue weighted by Crippen LogP contribution is -2.24. The first-order valence-electron chi connectivity index (χ1n) is 5.81. The van der Waals surface area contributed by atoms with E-state index in [0.29, 0.717) is 5.02 Å². The van der Waals surface area contributed by atoms with E-state index in [1.807, 2.05) is 43.4 Å². The largest absolute Gasteiger partial charge is 0.388 e. The number of benzene rings is 2. The molecule has 0 heterocycles. The molecule has 0 unspecified atom stereocenters. The lowest BCUT2D eigenvalue weighted by atomic mass is 9.87. The summed E-state index contributed by atoms with van der Waals surface area (Å²) in [4.78, 5) is 0. The van der Waals surface area contributed by atoms with E-state index in [-0.39, 0.29) is 0 Å². The standard InChI is InChI=1S/C15H16ClNO/c1-15(18,11-6-4-3-5-7-11)13-10-12(16)8-9-14(13)17-2/h3-10,17-18H,1-2H3/t15-/m0/s1. The Hall–Kier alpha value is -1.51. The molecule has 0 aliphatic carbocycles.